The molecule has 1 aliphatic heterocycles. The Bertz CT molecular complexity index is 2710. The topological polar surface area (TPSA) is 41.9 Å². The highest BCUT2D eigenvalue weighted by Gasteiger charge is 2.24. The van der Waals surface area contributed by atoms with Gasteiger partial charge in [0.05, 0.1) is 5.69 Å². The largest absolute Gasteiger partial charge is 0.310 e. The molecular formula is C49H32N4S. The summed E-state index contributed by atoms with van der Waals surface area (Å²) in [5.41, 5.74) is 11.1. The molecule has 0 saturated heterocycles. The number of anilines is 3. The number of rotatable bonds is 7. The predicted molar refractivity (Wildman–Crippen MR) is 223 cm³/mol. The number of hydrogen-bond acceptors (Lipinski definition) is 5. The minimum absolute atomic E-state index is 0.655. The minimum atomic E-state index is 0.655. The van der Waals surface area contributed by atoms with Crippen molar-refractivity contribution in [3.63, 3.8) is 0 Å². The van der Waals surface area contributed by atoms with Crippen LogP contribution in [0.5, 0.6) is 0 Å². The number of benzene rings is 8. The molecule has 10 rings (SSSR count). The predicted octanol–water partition coefficient (Wildman–Crippen LogP) is 13.3. The molecule has 0 unspecified atom stereocenters. The Morgan fingerprint density at radius 2 is 0.870 bits per heavy atom. The second-order valence-corrected chi connectivity index (χ2v) is 14.3. The number of nitrogens with zero attached hydrogens (tertiary/aromatic N) is 4. The fraction of sp³-hybridized carbons (Fsp3) is 0. The van der Waals surface area contributed by atoms with E-state index in [2.05, 4.69) is 138 Å². The first-order valence-electron chi connectivity index (χ1n) is 18.0. The first kappa shape index (κ1) is 31.9. The smallest absolute Gasteiger partial charge is 0.164 e. The van der Waals surface area contributed by atoms with Gasteiger partial charge >= 0.3 is 0 Å². The van der Waals surface area contributed by atoms with Gasteiger partial charge in [-0.3, -0.25) is 0 Å². The summed E-state index contributed by atoms with van der Waals surface area (Å²) in [6.07, 6.45) is 0. The molecule has 0 radical (unpaired) electrons. The molecule has 0 saturated carbocycles. The lowest BCUT2D eigenvalue weighted by atomic mass is 9.95. The maximum atomic E-state index is 5.01. The van der Waals surface area contributed by atoms with Crippen LogP contribution >= 0.6 is 11.8 Å². The van der Waals surface area contributed by atoms with Crippen LogP contribution in [-0.2, 0) is 0 Å². The van der Waals surface area contributed by atoms with Crippen molar-refractivity contribution in [1.82, 2.24) is 15.0 Å². The average molecular weight is 709 g/mol. The lowest BCUT2D eigenvalue weighted by Gasteiger charge is -2.29. The van der Waals surface area contributed by atoms with E-state index in [0.717, 1.165) is 33.8 Å². The van der Waals surface area contributed by atoms with Gasteiger partial charge in [0.25, 0.3) is 0 Å². The van der Waals surface area contributed by atoms with Crippen LogP contribution in [0, 0.1) is 0 Å². The van der Waals surface area contributed by atoms with Crippen molar-refractivity contribution in [3.05, 3.63) is 194 Å². The molecule has 2 heterocycles. The Hall–Kier alpha value is -6.82. The van der Waals surface area contributed by atoms with Crippen LogP contribution in [0.1, 0.15) is 0 Å². The first-order valence-corrected chi connectivity index (χ1v) is 18.8. The Labute approximate surface area is 318 Å². The molecular weight excluding hydrogens is 677 g/mol. The number of hydrogen-bond donors (Lipinski definition) is 0. The van der Waals surface area contributed by atoms with Crippen LogP contribution < -0.4 is 4.90 Å². The van der Waals surface area contributed by atoms with Crippen molar-refractivity contribution in [2.24, 2.45) is 0 Å². The molecule has 0 amide bonds. The molecule has 0 aliphatic carbocycles. The Morgan fingerprint density at radius 1 is 0.352 bits per heavy atom. The quantitative estimate of drug-likeness (QED) is 0.165. The monoisotopic (exact) mass is 708 g/mol. The molecule has 0 fully saturated rings. The van der Waals surface area contributed by atoms with Gasteiger partial charge in [-0.1, -0.05) is 163 Å². The van der Waals surface area contributed by atoms with E-state index < -0.39 is 0 Å². The zero-order chi connectivity index (χ0) is 35.8. The van der Waals surface area contributed by atoms with Crippen LogP contribution in [0.2, 0.25) is 0 Å². The summed E-state index contributed by atoms with van der Waals surface area (Å²) < 4.78 is 0. The van der Waals surface area contributed by atoms with E-state index in [9.17, 15) is 0 Å². The van der Waals surface area contributed by atoms with Crippen molar-refractivity contribution in [2.45, 2.75) is 9.79 Å². The van der Waals surface area contributed by atoms with Crippen molar-refractivity contribution in [3.8, 4) is 56.4 Å². The maximum absolute atomic E-state index is 5.01. The van der Waals surface area contributed by atoms with E-state index in [-0.39, 0.29) is 0 Å². The van der Waals surface area contributed by atoms with Gasteiger partial charge in [0.2, 0.25) is 0 Å². The molecule has 4 nitrogen and oxygen atoms in total. The molecule has 1 aliphatic rings. The van der Waals surface area contributed by atoms with Crippen LogP contribution in [-0.4, -0.2) is 15.0 Å². The van der Waals surface area contributed by atoms with Gasteiger partial charge in [0, 0.05) is 48.6 Å². The molecule has 0 N–H and O–H groups in total. The molecule has 0 spiro atoms. The highest BCUT2D eigenvalue weighted by Crippen LogP contribution is 2.52. The second kappa shape index (κ2) is 13.6. The summed E-state index contributed by atoms with van der Waals surface area (Å²) in [5, 5.41) is 2.47. The lowest BCUT2D eigenvalue weighted by Crippen LogP contribution is -2.11. The van der Waals surface area contributed by atoms with Gasteiger partial charge in [-0.15, -0.1) is 0 Å². The van der Waals surface area contributed by atoms with Crippen molar-refractivity contribution in [1.29, 1.82) is 0 Å². The molecule has 254 valence electrons. The van der Waals surface area contributed by atoms with Gasteiger partial charge in [-0.25, -0.2) is 15.0 Å². The van der Waals surface area contributed by atoms with Gasteiger partial charge < -0.3 is 4.90 Å². The lowest BCUT2D eigenvalue weighted by molar-refractivity contribution is 1.07. The van der Waals surface area contributed by atoms with E-state index in [1.807, 2.05) is 60.7 Å². The van der Waals surface area contributed by atoms with E-state index in [1.54, 1.807) is 11.8 Å². The fourth-order valence-corrected chi connectivity index (χ4v) is 8.49. The highest BCUT2D eigenvalue weighted by atomic mass is 32.2. The number of fused-ring (bicyclic) bond motifs is 2. The van der Waals surface area contributed by atoms with E-state index in [0.29, 0.717) is 17.5 Å². The van der Waals surface area contributed by atoms with Crippen LogP contribution in [0.4, 0.5) is 17.1 Å². The summed E-state index contributed by atoms with van der Waals surface area (Å²) in [5.74, 6) is 1.97. The SMILES string of the molecule is c1ccc(-c2ccc(N(c3ccccc3)c3ccc4c5c(cccc35)-c3ccc(-c5nc(-c6ccccc6)nc(-c6ccccc6)n5)cc3S4)cc2)cc1. The van der Waals surface area contributed by atoms with Crippen molar-refractivity contribution in [2.75, 3.05) is 4.90 Å². The highest BCUT2D eigenvalue weighted by molar-refractivity contribution is 7.99. The molecule has 8 aromatic carbocycles. The molecule has 54 heavy (non-hydrogen) atoms. The standard InChI is InChI=1S/C49H32N4S/c1-5-14-33(15-6-1)34-24-27-39(28-25-34)53(38-20-11-4-12-21-38)43-30-31-44-46-41(22-13-23-42(43)46)40-29-26-37(32-45(40)54-44)49-51-47(35-16-7-2-8-17-35)50-48(52-49)36-18-9-3-10-19-36/h1-32H. The summed E-state index contributed by atoms with van der Waals surface area (Å²) in [6.45, 7) is 0. The fourth-order valence-electron chi connectivity index (χ4n) is 7.33. The minimum Gasteiger partial charge on any atom is -0.310 e. The summed E-state index contributed by atoms with van der Waals surface area (Å²) in [6, 6.07) is 68.2. The van der Waals surface area contributed by atoms with Gasteiger partial charge in [-0.05, 0) is 64.7 Å². The zero-order valence-electron chi connectivity index (χ0n) is 29.2. The molecule has 5 heteroatoms. The van der Waals surface area contributed by atoms with Gasteiger partial charge in [-0.2, -0.15) is 0 Å². The summed E-state index contributed by atoms with van der Waals surface area (Å²) >= 11 is 1.81. The molecule has 0 bridgehead atoms. The van der Waals surface area contributed by atoms with Crippen LogP contribution in [0.15, 0.2) is 204 Å². The second-order valence-electron chi connectivity index (χ2n) is 13.2. The maximum Gasteiger partial charge on any atom is 0.164 e. The molecule has 1 aromatic heterocycles. The Morgan fingerprint density at radius 3 is 1.50 bits per heavy atom. The normalized spacial score (nSPS) is 11.6. The summed E-state index contributed by atoms with van der Waals surface area (Å²) in [7, 11) is 0. The molecule has 0 atom stereocenters. The van der Waals surface area contributed by atoms with E-state index >= 15 is 0 Å². The third-order valence-corrected chi connectivity index (χ3v) is 11.0. The Kier molecular flexibility index (Phi) is 8.04. The van der Waals surface area contributed by atoms with Crippen molar-refractivity contribution < 1.29 is 0 Å². The van der Waals surface area contributed by atoms with Gasteiger partial charge in [0.1, 0.15) is 0 Å². The Balaban J connectivity index is 1.08. The number of para-hydroxylation sites is 1. The van der Waals surface area contributed by atoms with Crippen LogP contribution in [0.3, 0.4) is 0 Å². The zero-order valence-corrected chi connectivity index (χ0v) is 30.0. The number of aromatic nitrogens is 3. The van der Waals surface area contributed by atoms with Crippen molar-refractivity contribution >= 4 is 39.6 Å². The third-order valence-electron chi connectivity index (χ3n) is 9.92. The van der Waals surface area contributed by atoms with E-state index in [1.165, 1.54) is 42.8 Å². The molecule has 9 aromatic rings. The average Bonchev–Trinajstić information content (AvgIpc) is 3.26. The first-order chi connectivity index (χ1) is 26.8. The van der Waals surface area contributed by atoms with Crippen LogP contribution in [0.25, 0.3) is 67.2 Å². The van der Waals surface area contributed by atoms with Gasteiger partial charge in [0.15, 0.2) is 17.5 Å². The third kappa shape index (κ3) is 5.81. The summed E-state index contributed by atoms with van der Waals surface area (Å²) in [4.78, 5) is 19.7. The van der Waals surface area contributed by atoms with E-state index in [4.69, 9.17) is 15.0 Å².